The van der Waals surface area contributed by atoms with Crippen LogP contribution in [0.15, 0.2) is 48.7 Å². The quantitative estimate of drug-likeness (QED) is 0.634. The summed E-state index contributed by atoms with van der Waals surface area (Å²) in [6.45, 7) is 0.409. The summed E-state index contributed by atoms with van der Waals surface area (Å²) in [6, 6.07) is 12.8. The van der Waals surface area contributed by atoms with Crippen LogP contribution in [-0.2, 0) is 11.3 Å². The van der Waals surface area contributed by atoms with Crippen LogP contribution in [0.3, 0.4) is 0 Å². The Kier molecular flexibility index (Phi) is 5.17. The van der Waals surface area contributed by atoms with E-state index in [9.17, 15) is 4.79 Å². The molecule has 7 nitrogen and oxygen atoms in total. The van der Waals surface area contributed by atoms with Gasteiger partial charge in [0.05, 0.1) is 39.3 Å². The average Bonchev–Trinajstić information content (AvgIpc) is 3.11. The van der Waals surface area contributed by atoms with E-state index in [1.165, 1.54) is 7.11 Å². The zero-order valence-corrected chi connectivity index (χ0v) is 14.8. The molecule has 0 N–H and O–H groups in total. The third kappa shape index (κ3) is 3.66. The van der Waals surface area contributed by atoms with E-state index in [1.807, 2.05) is 30.3 Å². The third-order valence-electron chi connectivity index (χ3n) is 3.86. The van der Waals surface area contributed by atoms with Gasteiger partial charge in [-0.05, 0) is 30.3 Å². The Balaban J connectivity index is 2.10. The van der Waals surface area contributed by atoms with Gasteiger partial charge in [0.25, 0.3) is 0 Å². The van der Waals surface area contributed by atoms with Crippen LogP contribution in [-0.4, -0.2) is 42.1 Å². The van der Waals surface area contributed by atoms with E-state index in [0.29, 0.717) is 18.0 Å². The third-order valence-corrected chi connectivity index (χ3v) is 3.86. The molecular formula is C19H19N3O4. The number of methoxy groups -OCH3 is 3. The summed E-state index contributed by atoms with van der Waals surface area (Å²) >= 11 is 0. The first-order valence-corrected chi connectivity index (χ1v) is 7.94. The van der Waals surface area contributed by atoms with Gasteiger partial charge < -0.3 is 14.2 Å². The Hall–Kier alpha value is -3.35. The number of carbonyl (C=O) groups excluding carboxylic acids is 1. The van der Waals surface area contributed by atoms with Crippen molar-refractivity contribution in [1.29, 1.82) is 0 Å². The summed E-state index contributed by atoms with van der Waals surface area (Å²) in [7, 11) is 4.50. The number of rotatable bonds is 6. The number of ether oxygens (including phenoxy) is 3. The normalized spacial score (nSPS) is 10.4. The van der Waals surface area contributed by atoms with Crippen LogP contribution in [0.25, 0.3) is 11.3 Å². The minimum absolute atomic E-state index is 0.222. The summed E-state index contributed by atoms with van der Waals surface area (Å²) < 4.78 is 17.2. The molecule has 0 radical (unpaired) electrons. The Morgan fingerprint density at radius 3 is 2.35 bits per heavy atom. The molecule has 1 aromatic carbocycles. The molecule has 0 spiro atoms. The van der Waals surface area contributed by atoms with Gasteiger partial charge >= 0.3 is 5.97 Å². The summed E-state index contributed by atoms with van der Waals surface area (Å²) in [5, 5.41) is 4.38. The molecule has 0 fully saturated rings. The number of carbonyl (C=O) groups is 1. The maximum Gasteiger partial charge on any atom is 0.358 e. The number of benzene rings is 1. The van der Waals surface area contributed by atoms with Crippen molar-refractivity contribution in [2.24, 2.45) is 0 Å². The molecule has 0 aliphatic carbocycles. The van der Waals surface area contributed by atoms with E-state index < -0.39 is 5.97 Å². The first kappa shape index (κ1) is 17.5. The topological polar surface area (TPSA) is 75.5 Å². The van der Waals surface area contributed by atoms with Crippen LogP contribution in [0.1, 0.15) is 16.2 Å². The van der Waals surface area contributed by atoms with E-state index in [2.05, 4.69) is 10.1 Å². The number of esters is 1. The molecule has 0 bridgehead atoms. The predicted octanol–water partition coefficient (Wildman–Crippen LogP) is 2.80. The number of hydrogen-bond acceptors (Lipinski definition) is 6. The van der Waals surface area contributed by atoms with Gasteiger partial charge in [-0.15, -0.1) is 0 Å². The number of nitrogens with zero attached hydrogens (tertiary/aromatic N) is 3. The monoisotopic (exact) mass is 353 g/mol. The van der Waals surface area contributed by atoms with Gasteiger partial charge in [0.2, 0.25) is 0 Å². The molecule has 0 aliphatic heterocycles. The zero-order valence-electron chi connectivity index (χ0n) is 14.8. The van der Waals surface area contributed by atoms with E-state index in [-0.39, 0.29) is 5.69 Å². The van der Waals surface area contributed by atoms with Gasteiger partial charge in [0, 0.05) is 17.8 Å². The maximum atomic E-state index is 11.9. The van der Waals surface area contributed by atoms with Crippen molar-refractivity contribution in [3.05, 3.63) is 60.0 Å². The summed E-state index contributed by atoms with van der Waals surface area (Å²) in [5.41, 5.74) is 2.58. The molecule has 0 atom stereocenters. The molecule has 0 unspecified atom stereocenters. The number of hydrogen-bond donors (Lipinski definition) is 0. The lowest BCUT2D eigenvalue weighted by Crippen LogP contribution is -2.08. The lowest BCUT2D eigenvalue weighted by molar-refractivity contribution is 0.0593. The molecule has 0 aliphatic rings. The highest BCUT2D eigenvalue weighted by molar-refractivity contribution is 5.88. The summed E-state index contributed by atoms with van der Waals surface area (Å²) in [6.07, 6.45) is 1.72. The number of aromatic nitrogens is 3. The van der Waals surface area contributed by atoms with Crippen molar-refractivity contribution in [3.63, 3.8) is 0 Å². The molecule has 0 saturated carbocycles. The van der Waals surface area contributed by atoms with E-state index >= 15 is 0 Å². The van der Waals surface area contributed by atoms with Gasteiger partial charge in [-0.25, -0.2) is 4.79 Å². The zero-order chi connectivity index (χ0) is 18.5. The smallest absolute Gasteiger partial charge is 0.358 e. The fourth-order valence-corrected chi connectivity index (χ4v) is 2.57. The van der Waals surface area contributed by atoms with Crippen molar-refractivity contribution in [2.75, 3.05) is 21.3 Å². The molecule has 7 heteroatoms. The Morgan fingerprint density at radius 1 is 1.04 bits per heavy atom. The van der Waals surface area contributed by atoms with Crippen molar-refractivity contribution >= 4 is 5.97 Å². The van der Waals surface area contributed by atoms with Crippen LogP contribution in [0, 0.1) is 0 Å². The SMILES string of the molecule is COC(=O)c1cc(-c2cc(OC)cc(OC)c2)n(Cc2ccccn2)n1. The van der Waals surface area contributed by atoms with Crippen LogP contribution in [0.4, 0.5) is 0 Å². The largest absolute Gasteiger partial charge is 0.497 e. The molecule has 134 valence electrons. The minimum atomic E-state index is -0.499. The Morgan fingerprint density at radius 2 is 1.77 bits per heavy atom. The van der Waals surface area contributed by atoms with E-state index in [0.717, 1.165) is 17.0 Å². The van der Waals surface area contributed by atoms with Crippen LogP contribution >= 0.6 is 0 Å². The maximum absolute atomic E-state index is 11.9. The first-order valence-electron chi connectivity index (χ1n) is 7.94. The second-order valence-electron chi connectivity index (χ2n) is 5.49. The van der Waals surface area contributed by atoms with Crippen molar-refractivity contribution < 1.29 is 19.0 Å². The van der Waals surface area contributed by atoms with Crippen LogP contribution in [0.2, 0.25) is 0 Å². The Bertz CT molecular complexity index is 884. The Labute approximate surface area is 151 Å². The summed E-state index contributed by atoms with van der Waals surface area (Å²) in [4.78, 5) is 16.3. The fourth-order valence-electron chi connectivity index (χ4n) is 2.57. The van der Waals surface area contributed by atoms with Crippen molar-refractivity contribution in [2.45, 2.75) is 6.54 Å². The molecule has 2 heterocycles. The molecule has 0 saturated heterocycles. The van der Waals surface area contributed by atoms with Crippen molar-refractivity contribution in [1.82, 2.24) is 14.8 Å². The van der Waals surface area contributed by atoms with E-state index in [4.69, 9.17) is 14.2 Å². The molecule has 3 rings (SSSR count). The number of pyridine rings is 1. The molecule has 0 amide bonds. The van der Waals surface area contributed by atoms with Gasteiger partial charge in [-0.3, -0.25) is 9.67 Å². The van der Waals surface area contributed by atoms with Gasteiger partial charge in [-0.1, -0.05) is 6.07 Å². The molecular weight excluding hydrogens is 334 g/mol. The highest BCUT2D eigenvalue weighted by atomic mass is 16.5. The lowest BCUT2D eigenvalue weighted by atomic mass is 10.1. The summed E-state index contributed by atoms with van der Waals surface area (Å²) in [5.74, 6) is 0.787. The second kappa shape index (κ2) is 7.69. The molecule has 26 heavy (non-hydrogen) atoms. The van der Waals surface area contributed by atoms with Crippen LogP contribution in [0.5, 0.6) is 11.5 Å². The highest BCUT2D eigenvalue weighted by Gasteiger charge is 2.17. The lowest BCUT2D eigenvalue weighted by Gasteiger charge is -2.10. The van der Waals surface area contributed by atoms with Crippen LogP contribution < -0.4 is 9.47 Å². The second-order valence-corrected chi connectivity index (χ2v) is 5.49. The van der Waals surface area contributed by atoms with Gasteiger partial charge in [0.1, 0.15) is 11.5 Å². The average molecular weight is 353 g/mol. The molecule has 3 aromatic rings. The minimum Gasteiger partial charge on any atom is -0.497 e. The molecule has 2 aromatic heterocycles. The van der Waals surface area contributed by atoms with Gasteiger partial charge in [0.15, 0.2) is 5.69 Å². The predicted molar refractivity (Wildman–Crippen MR) is 95.4 cm³/mol. The first-order chi connectivity index (χ1) is 12.6. The fraction of sp³-hybridized carbons (Fsp3) is 0.211. The van der Waals surface area contributed by atoms with E-state index in [1.54, 1.807) is 37.2 Å². The van der Waals surface area contributed by atoms with Gasteiger partial charge in [-0.2, -0.15) is 5.10 Å². The standard InChI is InChI=1S/C19H19N3O4/c1-24-15-8-13(9-16(10-15)25-2)18-11-17(19(23)26-3)21-22(18)12-14-6-4-5-7-20-14/h4-11H,12H2,1-3H3. The highest BCUT2D eigenvalue weighted by Crippen LogP contribution is 2.30. The van der Waals surface area contributed by atoms with Crippen molar-refractivity contribution in [3.8, 4) is 22.8 Å².